The average Bonchev–Trinajstić information content (AvgIpc) is 2.88. The first-order chi connectivity index (χ1) is 7.77. The molecule has 0 aromatic carbocycles. The second-order valence-corrected chi connectivity index (χ2v) is 5.15. The maximum absolute atomic E-state index is 11.3. The maximum atomic E-state index is 11.3. The molecular formula is C10H11N3OS2. The van der Waals surface area contributed by atoms with Crippen molar-refractivity contribution in [1.29, 1.82) is 0 Å². The molecular weight excluding hydrogens is 242 g/mol. The molecule has 1 amide bonds. The van der Waals surface area contributed by atoms with E-state index in [1.807, 2.05) is 17.5 Å². The number of hydrogen-bond acceptors (Lipinski definition) is 5. The number of thiazole rings is 1. The highest BCUT2D eigenvalue weighted by Gasteiger charge is 2.18. The Balaban J connectivity index is 2.02. The molecule has 3 N–H and O–H groups in total. The van der Waals surface area contributed by atoms with E-state index in [-0.39, 0.29) is 5.91 Å². The molecule has 84 valence electrons. The molecule has 16 heavy (non-hydrogen) atoms. The van der Waals surface area contributed by atoms with Crippen molar-refractivity contribution in [3.8, 4) is 0 Å². The monoisotopic (exact) mass is 253 g/mol. The molecule has 1 atom stereocenters. The molecule has 0 radical (unpaired) electrons. The van der Waals surface area contributed by atoms with Crippen LogP contribution >= 0.6 is 22.7 Å². The number of nitrogens with two attached hydrogens (primary N) is 1. The van der Waals surface area contributed by atoms with Gasteiger partial charge in [0.1, 0.15) is 6.04 Å². The van der Waals surface area contributed by atoms with Crippen LogP contribution in [0, 0.1) is 0 Å². The van der Waals surface area contributed by atoms with Gasteiger partial charge in [-0.25, -0.2) is 0 Å². The zero-order valence-electron chi connectivity index (χ0n) is 8.42. The van der Waals surface area contributed by atoms with Crippen molar-refractivity contribution in [3.63, 3.8) is 0 Å². The van der Waals surface area contributed by atoms with Crippen molar-refractivity contribution >= 4 is 28.6 Å². The first-order valence-corrected chi connectivity index (χ1v) is 6.47. The van der Waals surface area contributed by atoms with E-state index in [0.29, 0.717) is 6.54 Å². The zero-order valence-corrected chi connectivity index (χ0v) is 10.1. The smallest absolute Gasteiger partial charge is 0.240 e. The third-order valence-electron chi connectivity index (χ3n) is 2.08. The Morgan fingerprint density at radius 3 is 3.00 bits per heavy atom. The van der Waals surface area contributed by atoms with E-state index >= 15 is 0 Å². The molecule has 2 aromatic rings. The van der Waals surface area contributed by atoms with Gasteiger partial charge in [0, 0.05) is 17.6 Å². The lowest BCUT2D eigenvalue weighted by atomic mass is 10.2. The van der Waals surface area contributed by atoms with Gasteiger partial charge >= 0.3 is 0 Å². The highest BCUT2D eigenvalue weighted by atomic mass is 32.1. The quantitative estimate of drug-likeness (QED) is 0.849. The van der Waals surface area contributed by atoms with Crippen molar-refractivity contribution in [2.24, 2.45) is 5.73 Å². The Morgan fingerprint density at radius 2 is 2.44 bits per heavy atom. The lowest BCUT2D eigenvalue weighted by Crippen LogP contribution is -2.32. The Labute approximate surface area is 101 Å². The van der Waals surface area contributed by atoms with E-state index in [4.69, 9.17) is 5.73 Å². The Morgan fingerprint density at radius 1 is 1.56 bits per heavy atom. The maximum Gasteiger partial charge on any atom is 0.240 e. The minimum absolute atomic E-state index is 0.374. The number of primary amides is 1. The van der Waals surface area contributed by atoms with Gasteiger partial charge in [-0.3, -0.25) is 15.1 Å². The van der Waals surface area contributed by atoms with Crippen molar-refractivity contribution in [3.05, 3.63) is 39.0 Å². The van der Waals surface area contributed by atoms with E-state index in [2.05, 4.69) is 10.3 Å². The van der Waals surface area contributed by atoms with Crippen LogP contribution < -0.4 is 11.1 Å². The summed E-state index contributed by atoms with van der Waals surface area (Å²) >= 11 is 3.07. The lowest BCUT2D eigenvalue weighted by Gasteiger charge is -2.12. The number of carbonyl (C=O) groups excluding carboxylic acids is 1. The normalized spacial score (nSPS) is 12.5. The largest absolute Gasteiger partial charge is 0.368 e. The summed E-state index contributed by atoms with van der Waals surface area (Å²) in [6.07, 6.45) is 1.67. The Hall–Kier alpha value is -1.24. The number of thiophene rings is 1. The molecule has 2 aromatic heterocycles. The summed E-state index contributed by atoms with van der Waals surface area (Å²) in [6.45, 7) is 0.642. The molecule has 0 saturated heterocycles. The van der Waals surface area contributed by atoms with Gasteiger partial charge in [0.15, 0.2) is 0 Å². The van der Waals surface area contributed by atoms with Crippen molar-refractivity contribution in [2.45, 2.75) is 12.6 Å². The summed E-state index contributed by atoms with van der Waals surface area (Å²) < 4.78 is 0. The van der Waals surface area contributed by atoms with Gasteiger partial charge < -0.3 is 5.73 Å². The molecule has 2 rings (SSSR count). The number of nitrogens with one attached hydrogen (secondary N) is 1. The van der Waals surface area contributed by atoms with E-state index in [9.17, 15) is 4.79 Å². The van der Waals surface area contributed by atoms with Gasteiger partial charge in [-0.05, 0) is 11.4 Å². The van der Waals surface area contributed by atoms with Crippen LogP contribution in [0.5, 0.6) is 0 Å². The van der Waals surface area contributed by atoms with Crippen LogP contribution in [0.1, 0.15) is 15.8 Å². The summed E-state index contributed by atoms with van der Waals surface area (Å²) in [5.74, 6) is -0.374. The van der Waals surface area contributed by atoms with Crippen LogP contribution in [-0.2, 0) is 11.3 Å². The third-order valence-corrected chi connectivity index (χ3v) is 3.80. The fourth-order valence-corrected chi connectivity index (χ4v) is 2.68. The van der Waals surface area contributed by atoms with Crippen LogP contribution in [0.4, 0.5) is 0 Å². The van der Waals surface area contributed by atoms with Crippen molar-refractivity contribution < 1.29 is 4.79 Å². The predicted molar refractivity (Wildman–Crippen MR) is 65.2 cm³/mol. The van der Waals surface area contributed by atoms with Crippen LogP contribution in [-0.4, -0.2) is 10.9 Å². The Bertz CT molecular complexity index is 439. The molecule has 1 unspecified atom stereocenters. The summed E-state index contributed by atoms with van der Waals surface area (Å²) in [5.41, 5.74) is 7.04. The van der Waals surface area contributed by atoms with E-state index in [1.54, 1.807) is 23.0 Å². The number of amides is 1. The SMILES string of the molecule is NC(=O)C(NCc1cccs1)c1cncs1. The summed E-state index contributed by atoms with van der Waals surface area (Å²) in [5, 5.41) is 5.13. The molecule has 0 aliphatic rings. The molecule has 0 saturated carbocycles. The molecule has 0 aliphatic heterocycles. The summed E-state index contributed by atoms with van der Waals surface area (Å²) in [7, 11) is 0. The number of hydrogen-bond donors (Lipinski definition) is 2. The molecule has 0 aliphatic carbocycles. The number of carbonyl (C=O) groups is 1. The molecule has 0 bridgehead atoms. The van der Waals surface area contributed by atoms with Crippen molar-refractivity contribution in [2.75, 3.05) is 0 Å². The number of rotatable bonds is 5. The fourth-order valence-electron chi connectivity index (χ4n) is 1.33. The average molecular weight is 253 g/mol. The Kier molecular flexibility index (Phi) is 3.66. The van der Waals surface area contributed by atoms with Gasteiger partial charge in [0.2, 0.25) is 5.91 Å². The number of aromatic nitrogens is 1. The van der Waals surface area contributed by atoms with E-state index in [0.717, 1.165) is 4.88 Å². The van der Waals surface area contributed by atoms with Gasteiger partial charge in [0.25, 0.3) is 0 Å². The second kappa shape index (κ2) is 5.20. The molecule has 2 heterocycles. The first kappa shape index (κ1) is 11.3. The third kappa shape index (κ3) is 2.66. The lowest BCUT2D eigenvalue weighted by molar-refractivity contribution is -0.120. The van der Waals surface area contributed by atoms with Gasteiger partial charge in [0.05, 0.1) is 10.4 Å². The second-order valence-electron chi connectivity index (χ2n) is 3.20. The van der Waals surface area contributed by atoms with Crippen molar-refractivity contribution in [1.82, 2.24) is 10.3 Å². The topological polar surface area (TPSA) is 68.0 Å². The standard InChI is InChI=1S/C10H11N3OS2/c11-10(14)9(8-5-12-6-16-8)13-4-7-2-1-3-15-7/h1-3,5-6,9,13H,4H2,(H2,11,14). The number of nitrogens with zero attached hydrogens (tertiary/aromatic N) is 1. The highest BCUT2D eigenvalue weighted by molar-refractivity contribution is 7.10. The van der Waals surface area contributed by atoms with E-state index in [1.165, 1.54) is 16.2 Å². The fraction of sp³-hybridized carbons (Fsp3) is 0.200. The van der Waals surface area contributed by atoms with Crippen LogP contribution in [0.3, 0.4) is 0 Å². The van der Waals surface area contributed by atoms with Gasteiger partial charge in [-0.2, -0.15) is 0 Å². The molecule has 4 nitrogen and oxygen atoms in total. The minimum Gasteiger partial charge on any atom is -0.368 e. The highest BCUT2D eigenvalue weighted by Crippen LogP contribution is 2.18. The summed E-state index contributed by atoms with van der Waals surface area (Å²) in [6, 6.07) is 3.55. The van der Waals surface area contributed by atoms with Crippen LogP contribution in [0.15, 0.2) is 29.2 Å². The predicted octanol–water partition coefficient (Wildman–Crippen LogP) is 1.52. The molecule has 6 heteroatoms. The zero-order chi connectivity index (χ0) is 11.4. The first-order valence-electron chi connectivity index (χ1n) is 4.71. The van der Waals surface area contributed by atoms with Crippen LogP contribution in [0.25, 0.3) is 0 Å². The minimum atomic E-state index is -0.449. The van der Waals surface area contributed by atoms with Gasteiger partial charge in [-0.1, -0.05) is 6.07 Å². The molecule has 0 fully saturated rings. The van der Waals surface area contributed by atoms with Gasteiger partial charge in [-0.15, -0.1) is 22.7 Å². The van der Waals surface area contributed by atoms with Crippen LogP contribution in [0.2, 0.25) is 0 Å². The van der Waals surface area contributed by atoms with E-state index < -0.39 is 6.04 Å². The summed E-state index contributed by atoms with van der Waals surface area (Å²) in [4.78, 5) is 17.3. The molecule has 0 spiro atoms.